The highest BCUT2D eigenvalue weighted by Crippen LogP contribution is 2.40. The average Bonchev–Trinajstić information content (AvgIpc) is 2.55. The minimum atomic E-state index is -1.00. The van der Waals surface area contributed by atoms with Gasteiger partial charge in [0.25, 0.3) is 0 Å². The van der Waals surface area contributed by atoms with Gasteiger partial charge in [-0.2, -0.15) is 0 Å². The predicted octanol–water partition coefficient (Wildman–Crippen LogP) is 4.07. The van der Waals surface area contributed by atoms with Gasteiger partial charge in [-0.3, -0.25) is 9.59 Å². The lowest BCUT2D eigenvalue weighted by atomic mass is 9.73. The summed E-state index contributed by atoms with van der Waals surface area (Å²) in [5.74, 6) is -1.20. The van der Waals surface area contributed by atoms with Crippen molar-refractivity contribution < 1.29 is 14.3 Å². The van der Waals surface area contributed by atoms with E-state index in [2.05, 4.69) is 12.1 Å². The molecule has 0 saturated carbocycles. The molecular formula is C22H22O3. The van der Waals surface area contributed by atoms with Crippen molar-refractivity contribution in [1.82, 2.24) is 0 Å². The second-order valence-corrected chi connectivity index (χ2v) is 7.56. The van der Waals surface area contributed by atoms with Crippen LogP contribution in [0.2, 0.25) is 0 Å². The maximum absolute atomic E-state index is 13.0. The number of ether oxygens (including phenoxy) is 1. The molecule has 1 heterocycles. The summed E-state index contributed by atoms with van der Waals surface area (Å²) in [5.41, 5.74) is 1.46. The van der Waals surface area contributed by atoms with Crippen LogP contribution in [-0.2, 0) is 14.3 Å². The molecule has 0 N–H and O–H groups in total. The van der Waals surface area contributed by atoms with E-state index in [-0.39, 0.29) is 11.6 Å². The van der Waals surface area contributed by atoms with Gasteiger partial charge in [-0.05, 0) is 69.5 Å². The van der Waals surface area contributed by atoms with Gasteiger partial charge in [-0.15, -0.1) is 0 Å². The van der Waals surface area contributed by atoms with Crippen molar-refractivity contribution in [3.63, 3.8) is 0 Å². The van der Waals surface area contributed by atoms with Crippen molar-refractivity contribution in [3.8, 4) is 11.1 Å². The van der Waals surface area contributed by atoms with Crippen LogP contribution in [0, 0.1) is 19.1 Å². The van der Waals surface area contributed by atoms with E-state index in [1.807, 2.05) is 37.3 Å². The first-order chi connectivity index (χ1) is 11.6. The molecule has 0 atom stereocenters. The summed E-state index contributed by atoms with van der Waals surface area (Å²) in [6.45, 7) is 8.85. The van der Waals surface area contributed by atoms with Crippen LogP contribution in [0.3, 0.4) is 0 Å². The van der Waals surface area contributed by atoms with Crippen LogP contribution in [0.4, 0.5) is 0 Å². The van der Waals surface area contributed by atoms with E-state index in [0.29, 0.717) is 0 Å². The van der Waals surface area contributed by atoms with Crippen molar-refractivity contribution in [3.05, 3.63) is 59.7 Å². The summed E-state index contributed by atoms with van der Waals surface area (Å²) < 4.78 is 5.78. The van der Waals surface area contributed by atoms with Gasteiger partial charge in [0.05, 0.1) is 0 Å². The standard InChI is InChI=1S/C22H22O3/c1-14-11-12-16(15-9-7-6-8-10-15)13-17(14)18-19(23)21(2,3)25-22(4,5)20(18)24/h6-7,9,11-13,18H,1-5H3. The van der Waals surface area contributed by atoms with Crippen LogP contribution < -0.4 is 0 Å². The number of rotatable bonds is 2. The van der Waals surface area contributed by atoms with Crippen LogP contribution >= 0.6 is 0 Å². The molecule has 25 heavy (non-hydrogen) atoms. The zero-order valence-corrected chi connectivity index (χ0v) is 15.3. The molecule has 0 unspecified atom stereocenters. The number of Topliss-reactive ketones (excluding diaryl/α,β-unsaturated/α-hetero) is 2. The third-order valence-electron chi connectivity index (χ3n) is 4.77. The first-order valence-electron chi connectivity index (χ1n) is 8.41. The SMILES string of the molecule is Cc1ccc(-c2c#cccc2)cc1C1C(=O)C(C)(C)OC(C)(C)C1=O. The van der Waals surface area contributed by atoms with E-state index in [4.69, 9.17) is 4.74 Å². The van der Waals surface area contributed by atoms with Crippen molar-refractivity contribution >= 4 is 11.6 Å². The summed E-state index contributed by atoms with van der Waals surface area (Å²) >= 11 is 0. The number of aryl methyl sites for hydroxylation is 1. The van der Waals surface area contributed by atoms with Gasteiger partial charge < -0.3 is 4.74 Å². The Bertz CT molecular complexity index is 806. The van der Waals surface area contributed by atoms with Crippen molar-refractivity contribution in [2.75, 3.05) is 0 Å². The topological polar surface area (TPSA) is 43.4 Å². The highest BCUT2D eigenvalue weighted by molar-refractivity contribution is 6.15. The fraction of sp³-hybridized carbons (Fsp3) is 0.364. The Morgan fingerprint density at radius 1 is 1.00 bits per heavy atom. The number of hydrogen-bond donors (Lipinski definition) is 0. The molecule has 3 rings (SSSR count). The van der Waals surface area contributed by atoms with Crippen molar-refractivity contribution in [2.45, 2.75) is 51.7 Å². The Balaban J connectivity index is 2.14. The Morgan fingerprint density at radius 2 is 1.64 bits per heavy atom. The molecule has 0 aromatic heterocycles. The normalized spacial score (nSPS) is 19.6. The van der Waals surface area contributed by atoms with Crippen LogP contribution in [0.25, 0.3) is 11.1 Å². The maximum atomic E-state index is 13.0. The zero-order valence-electron chi connectivity index (χ0n) is 15.3. The molecule has 3 nitrogen and oxygen atoms in total. The second kappa shape index (κ2) is 5.82. The number of benzene rings is 1. The third-order valence-corrected chi connectivity index (χ3v) is 4.77. The maximum Gasteiger partial charge on any atom is 0.179 e. The van der Waals surface area contributed by atoms with Gasteiger partial charge in [0, 0.05) is 5.56 Å². The minimum absolute atomic E-state index is 0.194. The lowest BCUT2D eigenvalue weighted by Gasteiger charge is -2.43. The average molecular weight is 334 g/mol. The van der Waals surface area contributed by atoms with E-state index in [1.54, 1.807) is 33.8 Å². The Labute approximate surface area is 149 Å². The fourth-order valence-corrected chi connectivity index (χ4v) is 3.48. The summed E-state index contributed by atoms with van der Waals surface area (Å²) in [6, 6.07) is 17.5. The monoisotopic (exact) mass is 334 g/mol. The van der Waals surface area contributed by atoms with Gasteiger partial charge in [0.1, 0.15) is 17.1 Å². The molecule has 1 aliphatic rings. The van der Waals surface area contributed by atoms with Crippen molar-refractivity contribution in [1.29, 1.82) is 0 Å². The zero-order chi connectivity index (χ0) is 18.4. The van der Waals surface area contributed by atoms with Crippen LogP contribution in [-0.4, -0.2) is 22.8 Å². The molecule has 0 spiro atoms. The molecule has 1 fully saturated rings. The van der Waals surface area contributed by atoms with E-state index in [0.717, 1.165) is 22.3 Å². The number of ketones is 2. The van der Waals surface area contributed by atoms with Crippen LogP contribution in [0.1, 0.15) is 44.7 Å². The van der Waals surface area contributed by atoms with E-state index in [9.17, 15) is 9.59 Å². The van der Waals surface area contributed by atoms with E-state index < -0.39 is 17.1 Å². The fourth-order valence-electron chi connectivity index (χ4n) is 3.48. The smallest absolute Gasteiger partial charge is 0.179 e. The van der Waals surface area contributed by atoms with Gasteiger partial charge in [-0.25, -0.2) is 0 Å². The lowest BCUT2D eigenvalue weighted by Crippen LogP contribution is -2.58. The molecule has 0 aliphatic carbocycles. The molecule has 0 bridgehead atoms. The molecule has 1 saturated heterocycles. The highest BCUT2D eigenvalue weighted by atomic mass is 16.5. The first kappa shape index (κ1) is 17.4. The Hall–Kier alpha value is -2.44. The summed E-state index contributed by atoms with van der Waals surface area (Å²) in [7, 11) is 0. The minimum Gasteiger partial charge on any atom is -0.354 e. The van der Waals surface area contributed by atoms with Gasteiger partial charge in [0.2, 0.25) is 0 Å². The second-order valence-electron chi connectivity index (χ2n) is 7.56. The van der Waals surface area contributed by atoms with Crippen molar-refractivity contribution in [2.24, 2.45) is 0 Å². The summed E-state index contributed by atoms with van der Waals surface area (Å²) in [4.78, 5) is 26.0. The van der Waals surface area contributed by atoms with E-state index >= 15 is 0 Å². The molecule has 2 aromatic carbocycles. The molecule has 1 aliphatic heterocycles. The molecule has 3 heteroatoms. The third kappa shape index (κ3) is 2.99. The largest absolute Gasteiger partial charge is 0.354 e. The summed E-state index contributed by atoms with van der Waals surface area (Å²) in [5, 5.41) is 0. The number of hydrogen-bond acceptors (Lipinski definition) is 3. The number of carbonyl (C=O) groups is 2. The highest BCUT2D eigenvalue weighted by Gasteiger charge is 2.53. The molecular weight excluding hydrogens is 312 g/mol. The molecule has 0 radical (unpaired) electrons. The summed E-state index contributed by atoms with van der Waals surface area (Å²) in [6.07, 6.45) is 0. The number of carbonyl (C=O) groups excluding carboxylic acids is 2. The van der Waals surface area contributed by atoms with Gasteiger partial charge in [-0.1, -0.05) is 30.3 Å². The Morgan fingerprint density at radius 3 is 2.20 bits per heavy atom. The lowest BCUT2D eigenvalue weighted by molar-refractivity contribution is -0.184. The van der Waals surface area contributed by atoms with Gasteiger partial charge in [0.15, 0.2) is 11.6 Å². The Kier molecular flexibility index (Phi) is 4.05. The molecule has 128 valence electrons. The predicted molar refractivity (Wildman–Crippen MR) is 96.3 cm³/mol. The van der Waals surface area contributed by atoms with E-state index in [1.165, 1.54) is 0 Å². The molecule has 0 amide bonds. The first-order valence-corrected chi connectivity index (χ1v) is 8.41. The quantitative estimate of drug-likeness (QED) is 0.778. The van der Waals surface area contributed by atoms with Crippen LogP contribution in [0.5, 0.6) is 0 Å². The molecule has 2 aromatic rings. The van der Waals surface area contributed by atoms with Crippen LogP contribution in [0.15, 0.2) is 36.4 Å². The van der Waals surface area contributed by atoms with Gasteiger partial charge >= 0.3 is 0 Å².